The molecule has 130 valence electrons. The number of aryl methyl sites for hydroxylation is 1. The van der Waals surface area contributed by atoms with Gasteiger partial charge in [0.15, 0.2) is 5.11 Å². The molecule has 0 aromatic heterocycles. The first-order chi connectivity index (χ1) is 12.2. The van der Waals surface area contributed by atoms with Crippen LogP contribution in [-0.4, -0.2) is 17.6 Å². The average molecular weight is 354 g/mol. The van der Waals surface area contributed by atoms with Gasteiger partial charge in [0.1, 0.15) is 5.75 Å². The summed E-state index contributed by atoms with van der Waals surface area (Å²) in [6.07, 6.45) is 3.91. The smallest absolute Gasteiger partial charge is 0.229 e. The lowest BCUT2D eigenvalue weighted by atomic mass is 10.1. The van der Waals surface area contributed by atoms with Crippen LogP contribution in [0.1, 0.15) is 24.8 Å². The highest BCUT2D eigenvalue weighted by Gasteiger charge is 2.29. The maximum absolute atomic E-state index is 11.7. The fraction of sp³-hybridized carbons (Fsp3) is 0.300. The molecule has 0 radical (unpaired) electrons. The van der Waals surface area contributed by atoms with Gasteiger partial charge in [0, 0.05) is 11.6 Å². The Balaban J connectivity index is 1.37. The van der Waals surface area contributed by atoms with Gasteiger partial charge in [0.25, 0.3) is 0 Å². The zero-order chi connectivity index (χ0) is 17.5. The van der Waals surface area contributed by atoms with Crippen molar-refractivity contribution < 1.29 is 9.53 Å². The normalized spacial score (nSPS) is 13.1. The molecule has 0 aliphatic heterocycles. The number of benzene rings is 2. The Labute approximate surface area is 153 Å². The summed E-state index contributed by atoms with van der Waals surface area (Å²) in [6.45, 7) is 0.678. The van der Waals surface area contributed by atoms with Crippen molar-refractivity contribution in [3.8, 4) is 5.75 Å². The first-order valence-corrected chi connectivity index (χ1v) is 9.00. The minimum atomic E-state index is 0.0101. The number of ether oxygens (including phenoxy) is 1. The second-order valence-corrected chi connectivity index (χ2v) is 6.59. The fourth-order valence-corrected chi connectivity index (χ4v) is 2.69. The van der Waals surface area contributed by atoms with E-state index in [2.05, 4.69) is 34.9 Å². The van der Waals surface area contributed by atoms with Gasteiger partial charge < -0.3 is 15.4 Å². The van der Waals surface area contributed by atoms with Crippen LogP contribution in [-0.2, 0) is 11.2 Å². The van der Waals surface area contributed by atoms with E-state index in [-0.39, 0.29) is 11.8 Å². The molecule has 4 nitrogen and oxygen atoms in total. The number of anilines is 1. The number of nitrogens with one attached hydrogen (secondary N) is 2. The first-order valence-electron chi connectivity index (χ1n) is 8.59. The molecule has 1 saturated carbocycles. The topological polar surface area (TPSA) is 50.4 Å². The van der Waals surface area contributed by atoms with E-state index in [1.165, 1.54) is 5.56 Å². The van der Waals surface area contributed by atoms with Crippen LogP contribution < -0.4 is 15.4 Å². The molecule has 1 amide bonds. The third-order valence-electron chi connectivity index (χ3n) is 4.02. The highest BCUT2D eigenvalue weighted by Crippen LogP contribution is 2.28. The predicted octanol–water partition coefficient (Wildman–Crippen LogP) is 3.92. The molecule has 0 spiro atoms. The lowest BCUT2D eigenvalue weighted by Crippen LogP contribution is -2.35. The largest absolute Gasteiger partial charge is 0.494 e. The zero-order valence-corrected chi connectivity index (χ0v) is 14.9. The van der Waals surface area contributed by atoms with Gasteiger partial charge >= 0.3 is 0 Å². The molecule has 1 fully saturated rings. The highest BCUT2D eigenvalue weighted by atomic mass is 32.1. The van der Waals surface area contributed by atoms with Gasteiger partial charge in [-0.05, 0) is 67.7 Å². The second kappa shape index (κ2) is 8.62. The van der Waals surface area contributed by atoms with Crippen LogP contribution in [0.3, 0.4) is 0 Å². The monoisotopic (exact) mass is 354 g/mol. The van der Waals surface area contributed by atoms with Gasteiger partial charge in [-0.15, -0.1) is 0 Å². The summed E-state index contributed by atoms with van der Waals surface area (Å²) in [7, 11) is 0. The minimum Gasteiger partial charge on any atom is -0.494 e. The van der Waals surface area contributed by atoms with E-state index in [1.54, 1.807) is 0 Å². The lowest BCUT2D eigenvalue weighted by molar-refractivity contribution is -0.120. The van der Waals surface area contributed by atoms with Gasteiger partial charge in [0.05, 0.1) is 6.61 Å². The lowest BCUT2D eigenvalue weighted by Gasteiger charge is -2.10. The van der Waals surface area contributed by atoms with Crippen molar-refractivity contribution in [3.63, 3.8) is 0 Å². The number of carbonyl (C=O) groups excluding carboxylic acids is 1. The Kier molecular flexibility index (Phi) is 6.01. The van der Waals surface area contributed by atoms with Crippen molar-refractivity contribution in [1.82, 2.24) is 5.32 Å². The predicted molar refractivity (Wildman–Crippen MR) is 104 cm³/mol. The van der Waals surface area contributed by atoms with Gasteiger partial charge in [0.2, 0.25) is 5.91 Å². The van der Waals surface area contributed by atoms with E-state index in [4.69, 9.17) is 17.0 Å². The Bertz CT molecular complexity index is 712. The third-order valence-corrected chi connectivity index (χ3v) is 4.22. The van der Waals surface area contributed by atoms with Crippen LogP contribution in [0.25, 0.3) is 0 Å². The van der Waals surface area contributed by atoms with Crippen LogP contribution in [0.5, 0.6) is 5.75 Å². The molecule has 2 aromatic rings. The molecule has 0 saturated heterocycles. The van der Waals surface area contributed by atoms with Crippen molar-refractivity contribution in [1.29, 1.82) is 0 Å². The summed E-state index contributed by atoms with van der Waals surface area (Å²) in [5, 5.41) is 6.07. The number of amides is 1. The maximum atomic E-state index is 11.7. The molecule has 5 heteroatoms. The molecule has 25 heavy (non-hydrogen) atoms. The standard InChI is InChI=1S/C20H22N2O2S/c23-19(16-8-9-16)22-20(25)21-17-10-12-18(13-11-17)24-14-4-7-15-5-2-1-3-6-15/h1-3,5-6,10-13,16H,4,7-9,14H2,(H2,21,22,23,25). The van der Waals surface area contributed by atoms with Gasteiger partial charge in [-0.2, -0.15) is 0 Å². The summed E-state index contributed by atoms with van der Waals surface area (Å²) in [5.74, 6) is 0.980. The number of hydrogen-bond donors (Lipinski definition) is 2. The van der Waals surface area contributed by atoms with Gasteiger partial charge in [-0.1, -0.05) is 30.3 Å². The van der Waals surface area contributed by atoms with Crippen molar-refractivity contribution in [2.75, 3.05) is 11.9 Å². The van der Waals surface area contributed by atoms with Crippen LogP contribution in [0.2, 0.25) is 0 Å². The second-order valence-electron chi connectivity index (χ2n) is 6.18. The molecule has 0 unspecified atom stereocenters. The van der Waals surface area contributed by atoms with E-state index < -0.39 is 0 Å². The Hall–Kier alpha value is -2.40. The molecular formula is C20H22N2O2S. The molecule has 0 heterocycles. The summed E-state index contributed by atoms with van der Waals surface area (Å²) in [5.41, 5.74) is 2.16. The number of carbonyl (C=O) groups is 1. The first kappa shape index (κ1) is 17.4. The van der Waals surface area contributed by atoms with E-state index in [0.29, 0.717) is 11.7 Å². The van der Waals surface area contributed by atoms with Crippen molar-refractivity contribution >= 4 is 28.9 Å². The zero-order valence-electron chi connectivity index (χ0n) is 14.0. The molecule has 2 N–H and O–H groups in total. The summed E-state index contributed by atoms with van der Waals surface area (Å²) in [4.78, 5) is 11.7. The Morgan fingerprint density at radius 1 is 1.08 bits per heavy atom. The average Bonchev–Trinajstić information content (AvgIpc) is 3.46. The van der Waals surface area contributed by atoms with E-state index >= 15 is 0 Å². The van der Waals surface area contributed by atoms with Crippen LogP contribution >= 0.6 is 12.2 Å². The maximum Gasteiger partial charge on any atom is 0.229 e. The molecule has 1 aliphatic carbocycles. The quantitative estimate of drug-likeness (QED) is 0.584. The van der Waals surface area contributed by atoms with E-state index in [0.717, 1.165) is 37.1 Å². The van der Waals surface area contributed by atoms with Crippen molar-refractivity contribution in [2.24, 2.45) is 5.92 Å². The summed E-state index contributed by atoms with van der Waals surface area (Å²) in [6, 6.07) is 18.0. The van der Waals surface area contributed by atoms with Crippen molar-refractivity contribution in [2.45, 2.75) is 25.7 Å². The van der Waals surface area contributed by atoms with Crippen LogP contribution in [0.15, 0.2) is 54.6 Å². The van der Waals surface area contributed by atoms with Crippen LogP contribution in [0, 0.1) is 5.92 Å². The number of hydrogen-bond acceptors (Lipinski definition) is 3. The Morgan fingerprint density at radius 3 is 2.48 bits per heavy atom. The van der Waals surface area contributed by atoms with Crippen molar-refractivity contribution in [3.05, 3.63) is 60.2 Å². The van der Waals surface area contributed by atoms with Crippen LogP contribution in [0.4, 0.5) is 5.69 Å². The molecule has 2 aromatic carbocycles. The molecule has 0 bridgehead atoms. The van der Waals surface area contributed by atoms with E-state index in [9.17, 15) is 4.79 Å². The van der Waals surface area contributed by atoms with Gasteiger partial charge in [-0.3, -0.25) is 4.79 Å². The molecular weight excluding hydrogens is 332 g/mol. The van der Waals surface area contributed by atoms with E-state index in [1.807, 2.05) is 30.3 Å². The molecule has 0 atom stereocenters. The van der Waals surface area contributed by atoms with Gasteiger partial charge in [-0.25, -0.2) is 0 Å². The summed E-state index contributed by atoms with van der Waals surface area (Å²) < 4.78 is 5.76. The minimum absolute atomic E-state index is 0.0101. The molecule has 1 aliphatic rings. The third kappa shape index (κ3) is 5.87. The fourth-order valence-electron chi connectivity index (χ4n) is 2.47. The number of rotatable bonds is 7. The highest BCUT2D eigenvalue weighted by molar-refractivity contribution is 7.80. The summed E-state index contributed by atoms with van der Waals surface area (Å²) >= 11 is 5.15. The molecule has 3 rings (SSSR count). The SMILES string of the molecule is O=C(NC(=S)Nc1ccc(OCCCc2ccccc2)cc1)C1CC1. The number of thiocarbonyl (C=S) groups is 1. The Morgan fingerprint density at radius 2 is 1.80 bits per heavy atom.